The van der Waals surface area contributed by atoms with Gasteiger partial charge in [0.25, 0.3) is 0 Å². The Bertz CT molecular complexity index is 994. The van der Waals surface area contributed by atoms with Crippen molar-refractivity contribution in [3.63, 3.8) is 0 Å². The van der Waals surface area contributed by atoms with Crippen LogP contribution in [0.1, 0.15) is 35.2 Å². The molecule has 3 aromatic rings. The van der Waals surface area contributed by atoms with Crippen LogP contribution < -0.4 is 10.6 Å². The third-order valence-corrected chi connectivity index (χ3v) is 5.90. The molecule has 2 aromatic carbocycles. The molecule has 0 unspecified atom stereocenters. The van der Waals surface area contributed by atoms with Crippen molar-refractivity contribution in [3.8, 4) is 0 Å². The van der Waals surface area contributed by atoms with Gasteiger partial charge in [-0.15, -0.1) is 24.8 Å². The van der Waals surface area contributed by atoms with Crippen LogP contribution in [0.4, 0.5) is 5.95 Å². The van der Waals surface area contributed by atoms with E-state index in [1.807, 2.05) is 24.3 Å². The minimum absolute atomic E-state index is 0. The van der Waals surface area contributed by atoms with Crippen LogP contribution in [-0.4, -0.2) is 28.4 Å². The summed E-state index contributed by atoms with van der Waals surface area (Å²) >= 11 is 0. The van der Waals surface area contributed by atoms with Crippen LogP contribution in [-0.2, 0) is 12.1 Å². The molecule has 0 aliphatic carbocycles. The Kier molecular flexibility index (Phi) is 5.71. The van der Waals surface area contributed by atoms with Crippen molar-refractivity contribution in [2.75, 3.05) is 18.0 Å². The van der Waals surface area contributed by atoms with Gasteiger partial charge in [0.05, 0.1) is 11.0 Å². The van der Waals surface area contributed by atoms with Gasteiger partial charge in [-0.05, 0) is 30.5 Å². The van der Waals surface area contributed by atoms with Gasteiger partial charge in [-0.3, -0.25) is 4.79 Å². The van der Waals surface area contributed by atoms with E-state index in [1.54, 1.807) is 0 Å². The van der Waals surface area contributed by atoms with E-state index < -0.39 is 0 Å². The minimum Gasteiger partial charge on any atom is -0.342 e. The molecule has 3 heterocycles. The highest BCUT2D eigenvalue weighted by atomic mass is 35.5. The molecule has 2 N–H and O–H groups in total. The number of halogens is 2. The number of benzene rings is 2. The molecule has 1 fully saturated rings. The van der Waals surface area contributed by atoms with E-state index in [-0.39, 0.29) is 36.1 Å². The Morgan fingerprint density at radius 2 is 1.64 bits per heavy atom. The molecule has 148 valence electrons. The molecule has 0 amide bonds. The molecule has 1 saturated heterocycles. The number of nitrogens with zero attached hydrogens (tertiary/aromatic N) is 3. The van der Waals surface area contributed by atoms with Gasteiger partial charge in [0.1, 0.15) is 0 Å². The maximum atomic E-state index is 12.2. The van der Waals surface area contributed by atoms with Gasteiger partial charge < -0.3 is 15.2 Å². The summed E-state index contributed by atoms with van der Waals surface area (Å²) in [5, 5.41) is 0. The molecular weight excluding hydrogens is 395 g/mol. The molecule has 2 aliphatic heterocycles. The summed E-state index contributed by atoms with van der Waals surface area (Å²) < 4.78 is 2.22. The Hall–Kier alpha value is -2.08. The van der Waals surface area contributed by atoms with Crippen LogP contribution in [0.3, 0.4) is 0 Å². The molecule has 28 heavy (non-hydrogen) atoms. The van der Waals surface area contributed by atoms with Crippen molar-refractivity contribution < 1.29 is 4.79 Å². The second-order valence-electron chi connectivity index (χ2n) is 7.42. The fourth-order valence-electron chi connectivity index (χ4n) is 4.36. The highest BCUT2D eigenvalue weighted by Gasteiger charge is 2.34. The standard InChI is InChI=1S/C21H22N4O.2ClH/c22-21(15-5-2-1-3-6-15)10-13-24(14-11-21)20-23-17-8-4-7-16-18(26)9-12-25(20)19(16)17;;/h1-8H,9-14,22H2;2*1H. The summed E-state index contributed by atoms with van der Waals surface area (Å²) in [6, 6.07) is 16.2. The van der Waals surface area contributed by atoms with E-state index in [0.29, 0.717) is 13.0 Å². The molecule has 2 aliphatic rings. The summed E-state index contributed by atoms with van der Waals surface area (Å²) in [6.45, 7) is 2.46. The summed E-state index contributed by atoms with van der Waals surface area (Å²) in [5.41, 5.74) is 10.4. The number of hydrogen-bond donors (Lipinski definition) is 1. The SMILES string of the molecule is Cl.Cl.NC1(c2ccccc2)CCN(c2nc3cccc4c3n2CCC4=O)CC1. The molecule has 7 heteroatoms. The maximum Gasteiger partial charge on any atom is 0.206 e. The molecule has 0 atom stereocenters. The van der Waals surface area contributed by atoms with Crippen LogP contribution in [0.2, 0.25) is 0 Å². The van der Waals surface area contributed by atoms with Crippen LogP contribution in [0.5, 0.6) is 0 Å². The molecule has 0 bridgehead atoms. The molecule has 0 saturated carbocycles. The normalized spacial score (nSPS) is 17.8. The number of Topliss-reactive ketones (excluding diaryl/α,β-unsaturated/α-hetero) is 1. The number of ketones is 1. The lowest BCUT2D eigenvalue weighted by Crippen LogP contribution is -2.48. The van der Waals surface area contributed by atoms with Gasteiger partial charge in [-0.2, -0.15) is 0 Å². The molecule has 1 aromatic heterocycles. The number of nitrogens with two attached hydrogens (primary N) is 1. The van der Waals surface area contributed by atoms with Crippen molar-refractivity contribution in [3.05, 3.63) is 59.7 Å². The van der Waals surface area contributed by atoms with Crippen molar-refractivity contribution in [1.29, 1.82) is 0 Å². The zero-order valence-corrected chi connectivity index (χ0v) is 17.1. The highest BCUT2D eigenvalue weighted by molar-refractivity contribution is 6.08. The molecular formula is C21H24Cl2N4O. The average Bonchev–Trinajstić information content (AvgIpc) is 3.06. The van der Waals surface area contributed by atoms with E-state index in [2.05, 4.69) is 33.7 Å². The Morgan fingerprint density at radius 1 is 0.929 bits per heavy atom. The predicted molar refractivity (Wildman–Crippen MR) is 117 cm³/mol. The fraction of sp³-hybridized carbons (Fsp3) is 0.333. The predicted octanol–water partition coefficient (Wildman–Crippen LogP) is 3.92. The Balaban J connectivity index is 0.00000112. The number of piperidine rings is 1. The number of hydrogen-bond acceptors (Lipinski definition) is 4. The lowest BCUT2D eigenvalue weighted by atomic mass is 9.82. The van der Waals surface area contributed by atoms with Gasteiger partial charge in [-0.25, -0.2) is 4.98 Å². The Labute approximate surface area is 176 Å². The van der Waals surface area contributed by atoms with Crippen LogP contribution >= 0.6 is 24.8 Å². The van der Waals surface area contributed by atoms with Crippen LogP contribution in [0.25, 0.3) is 11.0 Å². The summed E-state index contributed by atoms with van der Waals surface area (Å²) in [5.74, 6) is 1.20. The number of rotatable bonds is 2. The zero-order valence-electron chi connectivity index (χ0n) is 15.5. The van der Waals surface area contributed by atoms with E-state index in [0.717, 1.165) is 48.5 Å². The third-order valence-electron chi connectivity index (χ3n) is 5.90. The van der Waals surface area contributed by atoms with Gasteiger partial charge >= 0.3 is 0 Å². The van der Waals surface area contributed by atoms with Gasteiger partial charge in [0, 0.05) is 37.2 Å². The second-order valence-corrected chi connectivity index (χ2v) is 7.42. The number of aryl methyl sites for hydroxylation is 1. The first-order valence-electron chi connectivity index (χ1n) is 9.27. The number of imidazole rings is 1. The van der Waals surface area contributed by atoms with Crippen LogP contribution in [0.15, 0.2) is 48.5 Å². The van der Waals surface area contributed by atoms with Crippen molar-refractivity contribution in [2.24, 2.45) is 5.73 Å². The summed E-state index contributed by atoms with van der Waals surface area (Å²) in [4.78, 5) is 19.4. The highest BCUT2D eigenvalue weighted by Crippen LogP contribution is 2.35. The number of aromatic nitrogens is 2. The third kappa shape index (κ3) is 3.17. The van der Waals surface area contributed by atoms with E-state index in [1.165, 1.54) is 5.56 Å². The zero-order chi connectivity index (χ0) is 17.7. The first-order chi connectivity index (χ1) is 12.7. The lowest BCUT2D eigenvalue weighted by molar-refractivity contribution is 0.0973. The van der Waals surface area contributed by atoms with Gasteiger partial charge in [0.15, 0.2) is 5.78 Å². The van der Waals surface area contributed by atoms with E-state index >= 15 is 0 Å². The first-order valence-corrected chi connectivity index (χ1v) is 9.27. The molecule has 0 radical (unpaired) electrons. The number of para-hydroxylation sites is 1. The molecule has 0 spiro atoms. The minimum atomic E-state index is -0.271. The number of carbonyl (C=O) groups is 1. The summed E-state index contributed by atoms with van der Waals surface area (Å²) in [6.07, 6.45) is 2.34. The van der Waals surface area contributed by atoms with Crippen LogP contribution in [0, 0.1) is 0 Å². The van der Waals surface area contributed by atoms with Crippen molar-refractivity contribution in [1.82, 2.24) is 9.55 Å². The largest absolute Gasteiger partial charge is 0.342 e. The van der Waals surface area contributed by atoms with Gasteiger partial charge in [-0.1, -0.05) is 36.4 Å². The molecule has 5 nitrogen and oxygen atoms in total. The van der Waals surface area contributed by atoms with Gasteiger partial charge in [0.2, 0.25) is 5.95 Å². The van der Waals surface area contributed by atoms with E-state index in [4.69, 9.17) is 10.7 Å². The summed E-state index contributed by atoms with van der Waals surface area (Å²) in [7, 11) is 0. The topological polar surface area (TPSA) is 64.2 Å². The molecule has 5 rings (SSSR count). The monoisotopic (exact) mass is 418 g/mol. The lowest BCUT2D eigenvalue weighted by Gasteiger charge is -2.40. The quantitative estimate of drug-likeness (QED) is 0.684. The average molecular weight is 419 g/mol. The number of carbonyl (C=O) groups excluding carboxylic acids is 1. The fourth-order valence-corrected chi connectivity index (χ4v) is 4.36. The first kappa shape index (κ1) is 20.6. The smallest absolute Gasteiger partial charge is 0.206 e. The maximum absolute atomic E-state index is 12.2. The van der Waals surface area contributed by atoms with Crippen molar-refractivity contribution in [2.45, 2.75) is 31.3 Å². The number of anilines is 1. The Morgan fingerprint density at radius 3 is 2.36 bits per heavy atom. The van der Waals surface area contributed by atoms with E-state index in [9.17, 15) is 4.79 Å². The van der Waals surface area contributed by atoms with Crippen molar-refractivity contribution >= 4 is 47.6 Å². The second kappa shape index (κ2) is 7.74.